The number of hydrogen-bond acceptors (Lipinski definition) is 2. The first-order chi connectivity index (χ1) is 17.9. The second kappa shape index (κ2) is 11.0. The van der Waals surface area contributed by atoms with Crippen molar-refractivity contribution in [3.8, 4) is 22.9 Å². The fourth-order valence-corrected chi connectivity index (χ4v) is 5.38. The normalized spacial score (nSPS) is 14.8. The number of hydrogen-bond donors (Lipinski definition) is 1. The fraction of sp³-hybridized carbons (Fsp3) is 0.333. The van der Waals surface area contributed by atoms with Gasteiger partial charge in [0.25, 0.3) is 0 Å². The lowest BCUT2D eigenvalue weighted by molar-refractivity contribution is 0.0697. The zero-order valence-corrected chi connectivity index (χ0v) is 26.4. The molecule has 0 aliphatic carbocycles. The summed E-state index contributed by atoms with van der Waals surface area (Å²) in [6.45, 7) is 20.1. The summed E-state index contributed by atoms with van der Waals surface area (Å²) in [7, 11) is -6.26. The molecule has 2 heterocycles. The first kappa shape index (κ1) is 30.1. The minimum Gasteiger partial charge on any atom is -0.478 e. The highest BCUT2D eigenvalue weighted by atomic mass is 28.3. The van der Waals surface area contributed by atoms with Crippen LogP contribution >= 0.6 is 0 Å². The van der Waals surface area contributed by atoms with E-state index in [1.54, 1.807) is 19.1 Å². The van der Waals surface area contributed by atoms with E-state index in [4.69, 9.17) is 4.99 Å². The summed E-state index contributed by atoms with van der Waals surface area (Å²) in [4.78, 5) is 16.4. The lowest BCUT2D eigenvalue weighted by Crippen LogP contribution is -2.18. The molecule has 3 rings (SSSR count). The van der Waals surface area contributed by atoms with Crippen molar-refractivity contribution < 1.29 is 18.5 Å². The highest BCUT2D eigenvalue weighted by molar-refractivity contribution is 6.84. The Kier molecular flexibility index (Phi) is 8.50. The Bertz CT molecular complexity index is 1560. The number of carbonyl (C=O) groups is 1. The Morgan fingerprint density at radius 1 is 0.897 bits per heavy atom. The molecule has 0 amide bonds. The smallest absolute Gasteiger partial charge is 0.478 e. The minimum absolute atomic E-state index is 0.113. The number of halogens is 2. The molecular weight excluding hydrogens is 525 g/mol. The zero-order chi connectivity index (χ0) is 29.4. The Morgan fingerprint density at radius 2 is 1.41 bits per heavy atom. The summed E-state index contributed by atoms with van der Waals surface area (Å²) in [5, 5.41) is 9.44. The van der Waals surface area contributed by atoms with E-state index in [9.17, 15) is 18.5 Å². The van der Waals surface area contributed by atoms with Gasteiger partial charge in [-0.25, -0.2) is 4.79 Å². The Labute approximate surface area is 233 Å². The first-order valence-corrected chi connectivity index (χ1v) is 19.8. The Morgan fingerprint density at radius 3 is 1.90 bits per heavy atom. The standard InChI is InChI=1S/C30H35BF2N2O2Si2/c1-19-25(15-17-38(5,6)7)21(3)34-28(19)27(23-11-13-24(14-12-23)30(36)37)29-20(2)26(16-18-39(8,9)10)22(4)35(29)31(32)33/h11-14H,1-10H3,(H,36,37)/b28-27-. The number of nitrogens with zero attached hydrogens (tertiary/aromatic N) is 2. The second-order valence-electron chi connectivity index (χ2n) is 11.9. The van der Waals surface area contributed by atoms with E-state index >= 15 is 0 Å². The van der Waals surface area contributed by atoms with Gasteiger partial charge >= 0.3 is 13.4 Å². The van der Waals surface area contributed by atoms with Crippen LogP contribution < -0.4 is 0 Å². The molecule has 202 valence electrons. The molecule has 0 radical (unpaired) electrons. The van der Waals surface area contributed by atoms with Crippen LogP contribution in [0, 0.1) is 36.8 Å². The average Bonchev–Trinajstić information content (AvgIpc) is 3.22. The number of rotatable bonds is 4. The Hall–Kier alpha value is -3.40. The maximum absolute atomic E-state index is 14.7. The molecule has 0 fully saturated rings. The number of benzene rings is 1. The number of aromatic nitrogens is 1. The van der Waals surface area contributed by atoms with E-state index in [-0.39, 0.29) is 5.56 Å². The third-order valence-corrected chi connectivity index (χ3v) is 8.03. The van der Waals surface area contributed by atoms with Gasteiger partial charge < -0.3 is 9.58 Å². The number of allylic oxidation sites excluding steroid dienone is 2. The molecule has 9 heteroatoms. The molecule has 0 saturated carbocycles. The van der Waals surface area contributed by atoms with Gasteiger partial charge in [-0.05, 0) is 56.5 Å². The summed E-state index contributed by atoms with van der Waals surface area (Å²) in [6.07, 6.45) is 0. The largest absolute Gasteiger partial charge is 0.677 e. The Balaban J connectivity index is 2.49. The average molecular weight is 561 g/mol. The van der Waals surface area contributed by atoms with Gasteiger partial charge in [-0.1, -0.05) is 63.3 Å². The molecule has 4 nitrogen and oxygen atoms in total. The highest BCUT2D eigenvalue weighted by Crippen LogP contribution is 2.40. The van der Waals surface area contributed by atoms with Crippen LogP contribution in [0.15, 0.2) is 46.1 Å². The predicted octanol–water partition coefficient (Wildman–Crippen LogP) is 7.24. The maximum Gasteiger partial charge on any atom is 0.677 e. The van der Waals surface area contributed by atoms with Crippen LogP contribution in [-0.4, -0.2) is 44.8 Å². The van der Waals surface area contributed by atoms with Crippen LogP contribution in [0.3, 0.4) is 0 Å². The molecule has 0 spiro atoms. The van der Waals surface area contributed by atoms with Crippen molar-refractivity contribution in [3.05, 3.63) is 74.8 Å². The molecule has 39 heavy (non-hydrogen) atoms. The van der Waals surface area contributed by atoms with Gasteiger partial charge in [-0.3, -0.25) is 13.6 Å². The van der Waals surface area contributed by atoms with Crippen LogP contribution in [0.5, 0.6) is 0 Å². The summed E-state index contributed by atoms with van der Waals surface area (Å²) < 4.78 is 30.5. The van der Waals surface area contributed by atoms with Gasteiger partial charge in [0.05, 0.1) is 22.5 Å². The number of aromatic carboxylic acids is 1. The summed E-state index contributed by atoms with van der Waals surface area (Å²) >= 11 is 0. The minimum atomic E-state index is -2.81. The first-order valence-electron chi connectivity index (χ1n) is 12.8. The second-order valence-corrected chi connectivity index (χ2v) is 21.4. The van der Waals surface area contributed by atoms with Crippen LogP contribution in [0.4, 0.5) is 8.63 Å². The van der Waals surface area contributed by atoms with Crippen LogP contribution in [0.1, 0.15) is 52.3 Å². The van der Waals surface area contributed by atoms with Gasteiger partial charge in [0.15, 0.2) is 0 Å². The van der Waals surface area contributed by atoms with Gasteiger partial charge in [-0.2, -0.15) is 0 Å². The summed E-state index contributed by atoms with van der Waals surface area (Å²) in [5.74, 6) is 5.47. The molecule has 1 aromatic carbocycles. The topological polar surface area (TPSA) is 54.6 Å². The van der Waals surface area contributed by atoms with E-state index in [1.165, 1.54) is 12.1 Å². The van der Waals surface area contributed by atoms with E-state index in [2.05, 4.69) is 62.2 Å². The summed E-state index contributed by atoms with van der Waals surface area (Å²) in [6, 6.07) is 6.28. The lowest BCUT2D eigenvalue weighted by Gasteiger charge is -2.16. The quantitative estimate of drug-likeness (QED) is 0.317. The molecule has 1 aliphatic rings. The third-order valence-electron chi connectivity index (χ3n) is 6.28. The highest BCUT2D eigenvalue weighted by Gasteiger charge is 2.32. The molecule has 0 unspecified atom stereocenters. The third kappa shape index (κ3) is 6.61. The maximum atomic E-state index is 14.7. The molecule has 0 atom stereocenters. The number of carboxylic acid groups (broad SMARTS) is 1. The molecule has 1 aromatic heterocycles. The van der Waals surface area contributed by atoms with Crippen molar-refractivity contribution in [1.82, 2.24) is 4.48 Å². The van der Waals surface area contributed by atoms with Crippen molar-refractivity contribution in [2.45, 2.75) is 67.0 Å². The molecule has 2 aromatic rings. The predicted molar refractivity (Wildman–Crippen MR) is 164 cm³/mol. The van der Waals surface area contributed by atoms with Crippen molar-refractivity contribution >= 4 is 40.8 Å². The van der Waals surface area contributed by atoms with Gasteiger partial charge in [0, 0.05) is 22.5 Å². The van der Waals surface area contributed by atoms with E-state index in [1.807, 2.05) is 20.8 Å². The van der Waals surface area contributed by atoms with Gasteiger partial charge in [0.2, 0.25) is 0 Å². The molecular formula is C30H35BF2N2O2Si2. The summed E-state index contributed by atoms with van der Waals surface area (Å²) in [5.41, 5.74) is 12.8. The number of aliphatic imine (C=N–C) groups is 1. The van der Waals surface area contributed by atoms with E-state index in [0.717, 1.165) is 21.3 Å². The SMILES string of the molecule is CC1=N/C(=C(/c2ccc(C(=O)O)cc2)c2c(C)c(C#C[Si](C)(C)C)c(C)n2B(F)F)C(C)=C1C#C[Si](C)(C)C. The molecule has 0 saturated heterocycles. The van der Waals surface area contributed by atoms with Crippen LogP contribution in [-0.2, 0) is 0 Å². The van der Waals surface area contributed by atoms with Gasteiger partial charge in [-0.15, -0.1) is 11.1 Å². The number of carboxylic acids is 1. The van der Waals surface area contributed by atoms with Crippen molar-refractivity contribution in [2.24, 2.45) is 4.99 Å². The fourth-order valence-electron chi connectivity index (χ4n) is 4.38. The van der Waals surface area contributed by atoms with Crippen molar-refractivity contribution in [2.75, 3.05) is 0 Å². The van der Waals surface area contributed by atoms with Crippen LogP contribution in [0.25, 0.3) is 5.57 Å². The van der Waals surface area contributed by atoms with Crippen molar-refractivity contribution in [3.63, 3.8) is 0 Å². The lowest BCUT2D eigenvalue weighted by atomic mass is 9.92. The van der Waals surface area contributed by atoms with Crippen LogP contribution in [0.2, 0.25) is 39.3 Å². The zero-order valence-electron chi connectivity index (χ0n) is 24.4. The molecule has 1 N–H and O–H groups in total. The van der Waals surface area contributed by atoms with E-state index < -0.39 is 29.5 Å². The van der Waals surface area contributed by atoms with E-state index in [0.29, 0.717) is 39.3 Å². The van der Waals surface area contributed by atoms with Crippen molar-refractivity contribution in [1.29, 1.82) is 0 Å². The monoisotopic (exact) mass is 560 g/mol. The molecule has 0 bridgehead atoms. The molecule has 1 aliphatic heterocycles. The van der Waals surface area contributed by atoms with Gasteiger partial charge in [0.1, 0.15) is 16.1 Å².